The highest BCUT2D eigenvalue weighted by molar-refractivity contribution is 5.99. The van der Waals surface area contributed by atoms with Gasteiger partial charge in [0.05, 0.1) is 6.10 Å². The fourth-order valence-electron chi connectivity index (χ4n) is 2.79. The first-order valence-corrected chi connectivity index (χ1v) is 8.30. The van der Waals surface area contributed by atoms with Gasteiger partial charge in [-0.25, -0.2) is 4.79 Å². The molecule has 0 aliphatic carbocycles. The SMILES string of the molecule is CN(CCC(O)c1ccccc1)c1noc(-c2ccccc2)c1C(=O)O. The average molecular weight is 352 g/mol. The van der Waals surface area contributed by atoms with E-state index in [1.807, 2.05) is 48.5 Å². The van der Waals surface area contributed by atoms with Crippen molar-refractivity contribution in [1.82, 2.24) is 5.16 Å². The summed E-state index contributed by atoms with van der Waals surface area (Å²) in [5.74, 6) is -0.629. The number of carboxylic acid groups (broad SMARTS) is 1. The number of carboxylic acids is 1. The van der Waals surface area contributed by atoms with Crippen molar-refractivity contribution in [2.24, 2.45) is 0 Å². The van der Waals surface area contributed by atoms with Crippen molar-refractivity contribution in [3.8, 4) is 11.3 Å². The lowest BCUT2D eigenvalue weighted by molar-refractivity contribution is 0.0698. The Labute approximate surface area is 151 Å². The van der Waals surface area contributed by atoms with Gasteiger partial charge in [-0.3, -0.25) is 0 Å². The van der Waals surface area contributed by atoms with E-state index in [0.717, 1.165) is 5.56 Å². The molecule has 1 aromatic heterocycles. The standard InChI is InChI=1S/C20H20N2O4/c1-22(13-12-16(23)14-8-4-2-5-9-14)19-17(20(24)25)18(26-21-19)15-10-6-3-7-11-15/h2-11,16,23H,12-13H2,1H3,(H,24,25). The molecule has 0 bridgehead atoms. The monoisotopic (exact) mass is 352 g/mol. The largest absolute Gasteiger partial charge is 0.477 e. The number of carbonyl (C=O) groups is 1. The maximum absolute atomic E-state index is 11.8. The minimum absolute atomic E-state index is 0.0212. The smallest absolute Gasteiger partial charge is 0.343 e. The van der Waals surface area contributed by atoms with Gasteiger partial charge in [0.15, 0.2) is 17.1 Å². The number of aliphatic hydroxyl groups is 1. The van der Waals surface area contributed by atoms with Crippen LogP contribution in [0.5, 0.6) is 0 Å². The topological polar surface area (TPSA) is 86.8 Å². The molecule has 134 valence electrons. The van der Waals surface area contributed by atoms with Crippen molar-refractivity contribution < 1.29 is 19.5 Å². The predicted octanol–water partition coefficient (Wildman–Crippen LogP) is 3.60. The molecular weight excluding hydrogens is 332 g/mol. The minimum atomic E-state index is -1.10. The molecule has 0 spiro atoms. The second-order valence-electron chi connectivity index (χ2n) is 6.02. The lowest BCUT2D eigenvalue weighted by atomic mass is 10.1. The van der Waals surface area contributed by atoms with Gasteiger partial charge in [0.25, 0.3) is 0 Å². The maximum atomic E-state index is 11.8. The number of aliphatic hydroxyl groups excluding tert-OH is 1. The van der Waals surface area contributed by atoms with Crippen LogP contribution in [0.2, 0.25) is 0 Å². The highest BCUT2D eigenvalue weighted by Crippen LogP contribution is 2.31. The maximum Gasteiger partial charge on any atom is 0.343 e. The molecule has 0 radical (unpaired) electrons. The Morgan fingerprint density at radius 1 is 1.12 bits per heavy atom. The Balaban J connectivity index is 1.78. The van der Waals surface area contributed by atoms with E-state index in [-0.39, 0.29) is 17.1 Å². The summed E-state index contributed by atoms with van der Waals surface area (Å²) in [6.45, 7) is 0.428. The molecule has 1 atom stereocenters. The summed E-state index contributed by atoms with van der Waals surface area (Å²) in [6, 6.07) is 18.4. The molecule has 1 heterocycles. The van der Waals surface area contributed by atoms with E-state index in [1.165, 1.54) is 0 Å². The van der Waals surface area contributed by atoms with Crippen LogP contribution in [0.1, 0.15) is 28.4 Å². The molecule has 0 aliphatic heterocycles. The van der Waals surface area contributed by atoms with Crippen LogP contribution in [-0.4, -0.2) is 34.9 Å². The number of anilines is 1. The van der Waals surface area contributed by atoms with E-state index in [4.69, 9.17) is 4.52 Å². The summed E-state index contributed by atoms with van der Waals surface area (Å²) >= 11 is 0. The van der Waals surface area contributed by atoms with Crippen molar-refractivity contribution in [3.63, 3.8) is 0 Å². The summed E-state index contributed by atoms with van der Waals surface area (Å²) in [5.41, 5.74) is 1.50. The van der Waals surface area contributed by atoms with Gasteiger partial charge in [-0.2, -0.15) is 0 Å². The summed E-state index contributed by atoms with van der Waals surface area (Å²) < 4.78 is 5.32. The zero-order valence-corrected chi connectivity index (χ0v) is 14.4. The second kappa shape index (κ2) is 7.84. The van der Waals surface area contributed by atoms with Crippen LogP contribution < -0.4 is 4.90 Å². The van der Waals surface area contributed by atoms with Crippen molar-refractivity contribution >= 4 is 11.8 Å². The predicted molar refractivity (Wildman–Crippen MR) is 98.2 cm³/mol. The van der Waals surface area contributed by atoms with Crippen LogP contribution >= 0.6 is 0 Å². The van der Waals surface area contributed by atoms with Crippen molar-refractivity contribution in [2.45, 2.75) is 12.5 Å². The van der Waals surface area contributed by atoms with Gasteiger partial charge < -0.3 is 19.6 Å². The molecule has 2 N–H and O–H groups in total. The molecule has 2 aromatic carbocycles. The van der Waals surface area contributed by atoms with E-state index in [1.54, 1.807) is 24.1 Å². The van der Waals surface area contributed by atoms with E-state index in [2.05, 4.69) is 5.16 Å². The van der Waals surface area contributed by atoms with Crippen molar-refractivity contribution in [3.05, 3.63) is 71.8 Å². The van der Waals surface area contributed by atoms with Gasteiger partial charge >= 0.3 is 5.97 Å². The summed E-state index contributed by atoms with van der Waals surface area (Å²) in [4.78, 5) is 13.5. The number of hydrogen-bond donors (Lipinski definition) is 2. The van der Waals surface area contributed by atoms with Gasteiger partial charge in [-0.05, 0) is 12.0 Å². The Bertz CT molecular complexity index is 862. The van der Waals surface area contributed by atoms with Gasteiger partial charge in [-0.15, -0.1) is 0 Å². The molecule has 1 unspecified atom stereocenters. The number of hydrogen-bond acceptors (Lipinski definition) is 5. The quantitative estimate of drug-likeness (QED) is 0.676. The Kier molecular flexibility index (Phi) is 5.34. The first kappa shape index (κ1) is 17.7. The molecule has 0 saturated heterocycles. The van der Waals surface area contributed by atoms with Gasteiger partial charge in [0, 0.05) is 19.2 Å². The van der Waals surface area contributed by atoms with Crippen LogP contribution in [0.25, 0.3) is 11.3 Å². The highest BCUT2D eigenvalue weighted by Gasteiger charge is 2.26. The number of benzene rings is 2. The molecule has 26 heavy (non-hydrogen) atoms. The Hall–Kier alpha value is -3.12. The van der Waals surface area contributed by atoms with Crippen molar-refractivity contribution in [1.29, 1.82) is 0 Å². The first-order valence-electron chi connectivity index (χ1n) is 8.30. The molecule has 0 amide bonds. The molecule has 0 aliphatic rings. The number of aromatic carboxylic acids is 1. The van der Waals surface area contributed by atoms with E-state index < -0.39 is 12.1 Å². The Morgan fingerprint density at radius 2 is 1.73 bits per heavy atom. The Morgan fingerprint density at radius 3 is 2.35 bits per heavy atom. The molecule has 6 nitrogen and oxygen atoms in total. The van der Waals surface area contributed by atoms with Crippen LogP contribution in [0, 0.1) is 0 Å². The summed E-state index contributed by atoms with van der Waals surface area (Å²) in [6.07, 6.45) is -0.194. The number of nitrogens with zero attached hydrogens (tertiary/aromatic N) is 2. The summed E-state index contributed by atoms with van der Waals surface area (Å²) in [5, 5.41) is 23.9. The van der Waals surface area contributed by atoms with Crippen molar-refractivity contribution in [2.75, 3.05) is 18.5 Å². The van der Waals surface area contributed by atoms with Crippen LogP contribution in [-0.2, 0) is 0 Å². The zero-order valence-electron chi connectivity index (χ0n) is 14.4. The van der Waals surface area contributed by atoms with Gasteiger partial charge in [0.1, 0.15) is 0 Å². The lowest BCUT2D eigenvalue weighted by Gasteiger charge is -2.19. The minimum Gasteiger partial charge on any atom is -0.477 e. The fourth-order valence-corrected chi connectivity index (χ4v) is 2.79. The number of aromatic nitrogens is 1. The molecule has 3 aromatic rings. The third kappa shape index (κ3) is 3.75. The van der Waals surface area contributed by atoms with E-state index in [9.17, 15) is 15.0 Å². The van der Waals surface area contributed by atoms with Crippen LogP contribution in [0.4, 0.5) is 5.82 Å². The van der Waals surface area contributed by atoms with Gasteiger partial charge in [-0.1, -0.05) is 65.8 Å². The molecular formula is C20H20N2O4. The third-order valence-electron chi connectivity index (χ3n) is 4.21. The molecule has 0 saturated carbocycles. The fraction of sp³-hybridized carbons (Fsp3) is 0.200. The zero-order chi connectivity index (χ0) is 18.5. The number of rotatable bonds is 7. The summed E-state index contributed by atoms with van der Waals surface area (Å²) in [7, 11) is 1.73. The van der Waals surface area contributed by atoms with Crippen LogP contribution in [0.3, 0.4) is 0 Å². The molecule has 3 rings (SSSR count). The normalized spacial score (nSPS) is 11.9. The first-order chi connectivity index (χ1) is 12.6. The highest BCUT2D eigenvalue weighted by atomic mass is 16.5. The third-order valence-corrected chi connectivity index (χ3v) is 4.21. The lowest BCUT2D eigenvalue weighted by Crippen LogP contribution is -2.23. The van der Waals surface area contributed by atoms with Gasteiger partial charge in [0.2, 0.25) is 0 Å². The van der Waals surface area contributed by atoms with Crippen LogP contribution in [0.15, 0.2) is 65.2 Å². The van der Waals surface area contributed by atoms with E-state index in [0.29, 0.717) is 18.5 Å². The average Bonchev–Trinajstić information content (AvgIpc) is 3.13. The molecule has 6 heteroatoms. The second-order valence-corrected chi connectivity index (χ2v) is 6.02. The molecule has 0 fully saturated rings. The van der Waals surface area contributed by atoms with E-state index >= 15 is 0 Å².